The fraction of sp³-hybridized carbons (Fsp3) is 0.600. The molecule has 19 heavy (non-hydrogen) atoms. The molecule has 0 bridgehead atoms. The number of halogens is 3. The summed E-state index contributed by atoms with van der Waals surface area (Å²) >= 11 is 13.6. The smallest absolute Gasteiger partial charge is 0.137 e. The fourth-order valence-electron chi connectivity index (χ4n) is 2.83. The predicted octanol–water partition coefficient (Wildman–Crippen LogP) is 6.37. The highest BCUT2D eigenvalue weighted by atomic mass is 79.9. The van der Waals surface area contributed by atoms with Crippen molar-refractivity contribution < 1.29 is 4.74 Å². The summed E-state index contributed by atoms with van der Waals surface area (Å²) in [7, 11) is 1.71. The van der Waals surface area contributed by atoms with Gasteiger partial charge in [-0.1, -0.05) is 47.3 Å². The number of benzene rings is 1. The van der Waals surface area contributed by atoms with Crippen LogP contribution in [0.4, 0.5) is 0 Å². The molecule has 1 aliphatic carbocycles. The first-order valence-corrected chi connectivity index (χ1v) is 8.78. The minimum atomic E-state index is 0.310. The molecule has 0 N–H and O–H groups in total. The van der Waals surface area contributed by atoms with Gasteiger partial charge in [-0.2, -0.15) is 0 Å². The largest absolute Gasteiger partial charge is 0.495 e. The maximum atomic E-state index is 6.18. The molecular weight excluding hydrogens is 391 g/mol. The highest BCUT2D eigenvalue weighted by Gasteiger charge is 2.28. The molecule has 0 aromatic heterocycles. The van der Waals surface area contributed by atoms with E-state index in [2.05, 4.69) is 38.8 Å². The quantitative estimate of drug-likeness (QED) is 0.526. The van der Waals surface area contributed by atoms with Crippen molar-refractivity contribution in [3.8, 4) is 5.75 Å². The fourth-order valence-corrected chi connectivity index (χ4v) is 4.70. The summed E-state index contributed by atoms with van der Waals surface area (Å²) in [5.74, 6) is 2.42. The Hall–Kier alpha value is 0.270. The van der Waals surface area contributed by atoms with Gasteiger partial charge < -0.3 is 4.74 Å². The van der Waals surface area contributed by atoms with Crippen molar-refractivity contribution in [2.75, 3.05) is 7.11 Å². The molecule has 1 saturated carbocycles. The molecule has 0 radical (unpaired) electrons. The summed E-state index contributed by atoms with van der Waals surface area (Å²) in [5.41, 5.74) is 1.15. The van der Waals surface area contributed by atoms with E-state index >= 15 is 0 Å². The average molecular weight is 411 g/mol. The van der Waals surface area contributed by atoms with Crippen molar-refractivity contribution >= 4 is 43.5 Å². The van der Waals surface area contributed by atoms with Crippen molar-refractivity contribution in [1.29, 1.82) is 0 Å². The van der Waals surface area contributed by atoms with Crippen LogP contribution in [0.25, 0.3) is 0 Å². The molecule has 1 nitrogen and oxygen atoms in total. The maximum absolute atomic E-state index is 6.18. The van der Waals surface area contributed by atoms with Gasteiger partial charge >= 0.3 is 0 Å². The van der Waals surface area contributed by atoms with E-state index in [1.165, 1.54) is 25.7 Å². The highest BCUT2D eigenvalue weighted by molar-refractivity contribution is 9.10. The van der Waals surface area contributed by atoms with Crippen LogP contribution in [-0.2, 0) is 0 Å². The Balaban J connectivity index is 2.25. The zero-order valence-corrected chi connectivity index (χ0v) is 15.2. The molecule has 1 fully saturated rings. The first-order valence-electron chi connectivity index (χ1n) is 6.70. The standard InChI is InChI=1S/C15H19Br2ClO/c1-9-3-5-10(6-4-9)14(17)12-7-11(18)8-13(16)15(12)19-2/h7-10,14H,3-6H2,1-2H3. The molecule has 0 spiro atoms. The van der Waals surface area contributed by atoms with Crippen molar-refractivity contribution in [3.63, 3.8) is 0 Å². The van der Waals surface area contributed by atoms with Crippen molar-refractivity contribution in [1.82, 2.24) is 0 Å². The first-order chi connectivity index (χ1) is 9.02. The van der Waals surface area contributed by atoms with Crippen molar-refractivity contribution in [2.24, 2.45) is 11.8 Å². The molecule has 0 saturated heterocycles. The Morgan fingerprint density at radius 1 is 1.26 bits per heavy atom. The third kappa shape index (κ3) is 3.68. The molecule has 1 aromatic carbocycles. The topological polar surface area (TPSA) is 9.23 Å². The van der Waals surface area contributed by atoms with Crippen LogP contribution in [0, 0.1) is 11.8 Å². The van der Waals surface area contributed by atoms with Gasteiger partial charge in [0.25, 0.3) is 0 Å². The van der Waals surface area contributed by atoms with Crippen LogP contribution in [0.15, 0.2) is 16.6 Å². The van der Waals surface area contributed by atoms with Gasteiger partial charge in [-0.3, -0.25) is 0 Å². The zero-order chi connectivity index (χ0) is 14.0. The Morgan fingerprint density at radius 3 is 2.47 bits per heavy atom. The summed E-state index contributed by atoms with van der Waals surface area (Å²) < 4.78 is 6.45. The number of ether oxygens (including phenoxy) is 1. The Labute approximate surface area is 137 Å². The third-order valence-electron chi connectivity index (χ3n) is 4.01. The van der Waals surface area contributed by atoms with Gasteiger partial charge in [0.05, 0.1) is 11.6 Å². The number of hydrogen-bond donors (Lipinski definition) is 0. The zero-order valence-electron chi connectivity index (χ0n) is 11.3. The molecule has 106 valence electrons. The van der Waals surface area contributed by atoms with Gasteiger partial charge in [-0.25, -0.2) is 0 Å². The molecule has 1 aliphatic rings. The molecule has 2 rings (SSSR count). The van der Waals surface area contributed by atoms with Crippen LogP contribution in [0.5, 0.6) is 5.75 Å². The van der Waals surface area contributed by atoms with Gasteiger partial charge in [0, 0.05) is 15.4 Å². The Bertz CT molecular complexity index is 442. The van der Waals surface area contributed by atoms with E-state index in [0.717, 1.165) is 26.7 Å². The highest BCUT2D eigenvalue weighted by Crippen LogP contribution is 2.47. The van der Waals surface area contributed by atoms with Gasteiger partial charge in [-0.05, 0) is 52.7 Å². The third-order valence-corrected chi connectivity index (χ3v) is 6.06. The van der Waals surface area contributed by atoms with Gasteiger partial charge in [-0.15, -0.1) is 0 Å². The normalized spacial score (nSPS) is 25.1. The van der Waals surface area contributed by atoms with Crippen LogP contribution in [0.2, 0.25) is 5.02 Å². The van der Waals surface area contributed by atoms with Gasteiger partial charge in [0.2, 0.25) is 0 Å². The molecule has 0 heterocycles. The van der Waals surface area contributed by atoms with Crippen LogP contribution >= 0.6 is 43.5 Å². The number of hydrogen-bond acceptors (Lipinski definition) is 1. The second kappa shape index (κ2) is 6.82. The van der Waals surface area contributed by atoms with E-state index in [4.69, 9.17) is 16.3 Å². The van der Waals surface area contributed by atoms with Crippen LogP contribution in [-0.4, -0.2) is 7.11 Å². The summed E-state index contributed by atoms with van der Waals surface area (Å²) in [6.45, 7) is 2.34. The lowest BCUT2D eigenvalue weighted by Gasteiger charge is -2.30. The van der Waals surface area contributed by atoms with Crippen molar-refractivity contribution in [3.05, 3.63) is 27.2 Å². The molecule has 4 heteroatoms. The van der Waals surface area contributed by atoms with E-state index in [9.17, 15) is 0 Å². The van der Waals surface area contributed by atoms with E-state index < -0.39 is 0 Å². The van der Waals surface area contributed by atoms with Crippen LogP contribution in [0.3, 0.4) is 0 Å². The number of methoxy groups -OCH3 is 1. The minimum absolute atomic E-state index is 0.310. The summed E-state index contributed by atoms with van der Waals surface area (Å²) in [6, 6.07) is 3.90. The Morgan fingerprint density at radius 2 is 1.89 bits per heavy atom. The lowest BCUT2D eigenvalue weighted by Crippen LogP contribution is -2.16. The summed E-state index contributed by atoms with van der Waals surface area (Å²) in [4.78, 5) is 0.310. The lowest BCUT2D eigenvalue weighted by atomic mass is 9.80. The number of alkyl halides is 1. The predicted molar refractivity (Wildman–Crippen MR) is 88.5 cm³/mol. The van der Waals surface area contributed by atoms with E-state index in [0.29, 0.717) is 10.7 Å². The second-order valence-electron chi connectivity index (χ2n) is 5.43. The van der Waals surface area contributed by atoms with Gasteiger partial charge in [0.15, 0.2) is 0 Å². The second-order valence-corrected chi connectivity index (χ2v) is 7.71. The van der Waals surface area contributed by atoms with Crippen LogP contribution < -0.4 is 4.74 Å². The molecular formula is C15H19Br2ClO. The summed E-state index contributed by atoms with van der Waals surface area (Å²) in [5, 5.41) is 0.747. The molecule has 0 aliphatic heterocycles. The van der Waals surface area contributed by atoms with Crippen LogP contribution in [0.1, 0.15) is 43.0 Å². The van der Waals surface area contributed by atoms with E-state index in [1.807, 2.05) is 12.1 Å². The summed E-state index contributed by atoms with van der Waals surface area (Å²) in [6.07, 6.45) is 5.17. The average Bonchev–Trinajstić information content (AvgIpc) is 2.38. The molecule has 1 unspecified atom stereocenters. The molecule has 0 amide bonds. The Kier molecular flexibility index (Phi) is 5.62. The molecule has 1 atom stereocenters. The first kappa shape index (κ1) is 15.7. The van der Waals surface area contributed by atoms with Gasteiger partial charge in [0.1, 0.15) is 5.75 Å². The molecule has 1 aromatic rings. The minimum Gasteiger partial charge on any atom is -0.495 e. The van der Waals surface area contributed by atoms with E-state index in [-0.39, 0.29) is 0 Å². The van der Waals surface area contributed by atoms with E-state index in [1.54, 1.807) is 7.11 Å². The van der Waals surface area contributed by atoms with Crippen molar-refractivity contribution in [2.45, 2.75) is 37.4 Å². The lowest BCUT2D eigenvalue weighted by molar-refractivity contribution is 0.285. The number of rotatable bonds is 3. The maximum Gasteiger partial charge on any atom is 0.137 e. The SMILES string of the molecule is COc1c(Br)cc(Cl)cc1C(Br)C1CCC(C)CC1. The monoisotopic (exact) mass is 408 g/mol.